The van der Waals surface area contributed by atoms with Crippen molar-refractivity contribution >= 4 is 21.4 Å². The van der Waals surface area contributed by atoms with Gasteiger partial charge >= 0.3 is 0 Å². The van der Waals surface area contributed by atoms with Crippen molar-refractivity contribution in [3.8, 4) is 0 Å². The fraction of sp³-hybridized carbons (Fsp3) is 0.263. The topological polar surface area (TPSA) is 12.5 Å². The molecule has 1 unspecified atom stereocenters. The van der Waals surface area contributed by atoms with Crippen LogP contribution in [0.4, 0.5) is 0 Å². The van der Waals surface area contributed by atoms with E-state index in [1.165, 1.54) is 26.1 Å². The number of methoxy groups -OCH3 is 1. The molecule has 3 heteroatoms. The van der Waals surface area contributed by atoms with Gasteiger partial charge < -0.3 is 4.74 Å². The van der Waals surface area contributed by atoms with E-state index in [9.17, 15) is 0 Å². The number of nitrogens with zero attached hydrogens (tertiary/aromatic N) is 1. The van der Waals surface area contributed by atoms with Gasteiger partial charge in [-0.1, -0.05) is 42.5 Å². The van der Waals surface area contributed by atoms with Gasteiger partial charge in [0.25, 0.3) is 0 Å². The molecule has 1 aliphatic heterocycles. The van der Waals surface area contributed by atoms with Crippen LogP contribution in [0.1, 0.15) is 16.0 Å². The first-order chi connectivity index (χ1) is 10.7. The van der Waals surface area contributed by atoms with E-state index in [1.807, 2.05) is 18.4 Å². The van der Waals surface area contributed by atoms with Gasteiger partial charge in [-0.25, -0.2) is 0 Å². The minimum atomic E-state index is -0.368. The van der Waals surface area contributed by atoms with E-state index >= 15 is 0 Å². The zero-order chi connectivity index (χ0) is 15.2. The van der Waals surface area contributed by atoms with Gasteiger partial charge in [-0.3, -0.25) is 4.90 Å². The lowest BCUT2D eigenvalue weighted by Crippen LogP contribution is -2.45. The molecule has 0 bridgehead atoms. The van der Waals surface area contributed by atoms with Gasteiger partial charge in [-0.05, 0) is 35.7 Å². The number of hydrogen-bond donors (Lipinski definition) is 0. The van der Waals surface area contributed by atoms with Crippen molar-refractivity contribution in [3.63, 3.8) is 0 Å². The lowest BCUT2D eigenvalue weighted by atomic mass is 9.84. The van der Waals surface area contributed by atoms with E-state index in [0.29, 0.717) is 0 Å². The van der Waals surface area contributed by atoms with Gasteiger partial charge in [-0.15, -0.1) is 11.3 Å². The van der Waals surface area contributed by atoms with E-state index in [0.717, 1.165) is 13.1 Å². The SMILES string of the molecule is COC1(c2cc3ccccc3s2)CN(C)Cc2ccccc21. The lowest BCUT2D eigenvalue weighted by molar-refractivity contribution is -0.0126. The van der Waals surface area contributed by atoms with Crippen molar-refractivity contribution in [1.82, 2.24) is 4.90 Å². The molecule has 0 fully saturated rings. The van der Waals surface area contributed by atoms with Crippen LogP contribution in [0.15, 0.2) is 54.6 Å². The third-order valence-corrected chi connectivity index (χ3v) is 5.82. The van der Waals surface area contributed by atoms with Gasteiger partial charge in [0.15, 0.2) is 0 Å². The summed E-state index contributed by atoms with van der Waals surface area (Å²) in [5.41, 5.74) is 2.30. The van der Waals surface area contributed by atoms with Gasteiger partial charge in [0.1, 0.15) is 5.60 Å². The fourth-order valence-electron chi connectivity index (χ4n) is 3.53. The first-order valence-corrected chi connectivity index (χ1v) is 8.36. The van der Waals surface area contributed by atoms with Gasteiger partial charge in [0, 0.05) is 29.8 Å². The van der Waals surface area contributed by atoms with Crippen LogP contribution in [0.3, 0.4) is 0 Å². The average Bonchev–Trinajstić information content (AvgIpc) is 2.98. The third kappa shape index (κ3) is 2.01. The van der Waals surface area contributed by atoms with E-state index in [-0.39, 0.29) is 5.60 Å². The molecule has 0 radical (unpaired) electrons. The highest BCUT2D eigenvalue weighted by molar-refractivity contribution is 7.19. The van der Waals surface area contributed by atoms with Crippen LogP contribution in [-0.4, -0.2) is 25.6 Å². The molecule has 4 rings (SSSR count). The summed E-state index contributed by atoms with van der Waals surface area (Å²) in [6.07, 6.45) is 0. The van der Waals surface area contributed by atoms with Crippen LogP contribution < -0.4 is 0 Å². The Morgan fingerprint density at radius 2 is 1.86 bits per heavy atom. The number of ether oxygens (including phenoxy) is 1. The molecule has 1 atom stereocenters. The summed E-state index contributed by atoms with van der Waals surface area (Å²) < 4.78 is 7.48. The highest BCUT2D eigenvalue weighted by Gasteiger charge is 2.41. The number of rotatable bonds is 2. The molecule has 0 saturated carbocycles. The van der Waals surface area contributed by atoms with Crippen LogP contribution in [-0.2, 0) is 16.9 Å². The fourth-order valence-corrected chi connectivity index (χ4v) is 4.77. The molecule has 0 spiro atoms. The van der Waals surface area contributed by atoms with Crippen molar-refractivity contribution < 1.29 is 4.74 Å². The Bertz CT molecular complexity index is 792. The van der Waals surface area contributed by atoms with Crippen LogP contribution >= 0.6 is 11.3 Å². The minimum absolute atomic E-state index is 0.368. The van der Waals surface area contributed by atoms with E-state index < -0.39 is 0 Å². The molecule has 0 saturated heterocycles. The normalized spacial score (nSPS) is 21.9. The minimum Gasteiger partial charge on any atom is -0.367 e. The zero-order valence-corrected chi connectivity index (χ0v) is 13.7. The monoisotopic (exact) mass is 309 g/mol. The molecule has 0 aliphatic carbocycles. The molecule has 112 valence electrons. The molecular weight excluding hydrogens is 290 g/mol. The molecule has 3 aromatic rings. The van der Waals surface area contributed by atoms with Crippen LogP contribution in [0.2, 0.25) is 0 Å². The summed E-state index contributed by atoms with van der Waals surface area (Å²) in [4.78, 5) is 3.63. The van der Waals surface area contributed by atoms with Crippen LogP contribution in [0.25, 0.3) is 10.1 Å². The van der Waals surface area contributed by atoms with E-state index in [2.05, 4.69) is 66.5 Å². The molecule has 22 heavy (non-hydrogen) atoms. The Morgan fingerprint density at radius 3 is 2.68 bits per heavy atom. The first-order valence-electron chi connectivity index (χ1n) is 7.54. The van der Waals surface area contributed by atoms with Crippen molar-refractivity contribution in [2.45, 2.75) is 12.1 Å². The maximum atomic E-state index is 6.16. The maximum absolute atomic E-state index is 6.16. The number of fused-ring (bicyclic) bond motifs is 2. The molecule has 0 amide bonds. The first kappa shape index (κ1) is 13.9. The molecule has 2 heterocycles. The quantitative estimate of drug-likeness (QED) is 0.702. The van der Waals surface area contributed by atoms with Crippen molar-refractivity contribution in [2.75, 3.05) is 20.7 Å². The smallest absolute Gasteiger partial charge is 0.140 e. The van der Waals surface area contributed by atoms with Crippen molar-refractivity contribution in [1.29, 1.82) is 0 Å². The summed E-state index contributed by atoms with van der Waals surface area (Å²) in [6.45, 7) is 1.86. The van der Waals surface area contributed by atoms with E-state index in [1.54, 1.807) is 0 Å². The molecule has 0 N–H and O–H groups in total. The largest absolute Gasteiger partial charge is 0.367 e. The van der Waals surface area contributed by atoms with Gasteiger partial charge in [0.05, 0.1) is 0 Å². The highest BCUT2D eigenvalue weighted by Crippen LogP contribution is 2.44. The molecule has 2 aromatic carbocycles. The summed E-state index contributed by atoms with van der Waals surface area (Å²) >= 11 is 1.84. The molecule has 1 aromatic heterocycles. The van der Waals surface area contributed by atoms with E-state index in [4.69, 9.17) is 4.74 Å². The average molecular weight is 309 g/mol. The Kier molecular flexibility index (Phi) is 3.30. The predicted octanol–water partition coefficient (Wildman–Crippen LogP) is 4.24. The second kappa shape index (κ2) is 5.20. The van der Waals surface area contributed by atoms with Crippen LogP contribution in [0, 0.1) is 0 Å². The zero-order valence-electron chi connectivity index (χ0n) is 12.9. The molecule has 1 aliphatic rings. The third-order valence-electron chi connectivity index (χ3n) is 4.56. The highest BCUT2D eigenvalue weighted by atomic mass is 32.1. The predicted molar refractivity (Wildman–Crippen MR) is 92.4 cm³/mol. The van der Waals surface area contributed by atoms with Crippen LogP contribution in [0.5, 0.6) is 0 Å². The standard InChI is InChI=1S/C19H19NOS/c1-20-12-15-8-3-5-9-16(15)19(13-20,21-2)18-11-14-7-4-6-10-17(14)22-18/h3-11H,12-13H2,1-2H3. The maximum Gasteiger partial charge on any atom is 0.140 e. The second-order valence-electron chi connectivity index (χ2n) is 6.01. The Morgan fingerprint density at radius 1 is 1.09 bits per heavy atom. The van der Waals surface area contributed by atoms with Crippen molar-refractivity contribution in [2.24, 2.45) is 0 Å². The molecule has 2 nitrogen and oxygen atoms in total. The number of thiophene rings is 1. The Labute approximate surface area is 135 Å². The van der Waals surface area contributed by atoms with Crippen molar-refractivity contribution in [3.05, 3.63) is 70.6 Å². The lowest BCUT2D eigenvalue weighted by Gasteiger charge is -2.41. The summed E-state index contributed by atoms with van der Waals surface area (Å²) in [6, 6.07) is 19.5. The Balaban J connectivity index is 1.96. The molecular formula is C19H19NOS. The second-order valence-corrected chi connectivity index (χ2v) is 7.09. The summed E-state index contributed by atoms with van der Waals surface area (Å²) in [5.74, 6) is 0. The number of likely N-dealkylation sites (N-methyl/N-ethyl adjacent to an activating group) is 1. The Hall–Kier alpha value is -1.68. The summed E-state index contributed by atoms with van der Waals surface area (Å²) in [7, 11) is 4.00. The van der Waals surface area contributed by atoms with Gasteiger partial charge in [0.2, 0.25) is 0 Å². The summed E-state index contributed by atoms with van der Waals surface area (Å²) in [5, 5.41) is 1.30. The van der Waals surface area contributed by atoms with Gasteiger partial charge in [-0.2, -0.15) is 0 Å². The number of benzene rings is 2. The number of hydrogen-bond acceptors (Lipinski definition) is 3.